The van der Waals surface area contributed by atoms with Crippen molar-refractivity contribution in [3.05, 3.63) is 234 Å². The molecule has 0 saturated carbocycles. The molecule has 0 unspecified atom stereocenters. The molecule has 0 atom stereocenters. The Labute approximate surface area is 380 Å². The van der Waals surface area contributed by atoms with E-state index in [1.807, 2.05) is 0 Å². The third kappa shape index (κ3) is 5.29. The van der Waals surface area contributed by atoms with Crippen molar-refractivity contribution in [2.75, 3.05) is 9.80 Å². The van der Waals surface area contributed by atoms with Crippen molar-refractivity contribution in [3.8, 4) is 11.1 Å². The van der Waals surface area contributed by atoms with Crippen molar-refractivity contribution in [1.29, 1.82) is 0 Å². The number of hydrogen-bond acceptors (Lipinski definition) is 3. The lowest BCUT2D eigenvalue weighted by molar-refractivity contribution is 0.666. The number of para-hydroxylation sites is 5. The highest BCUT2D eigenvalue weighted by Crippen LogP contribution is 2.66. The Morgan fingerprint density at radius 2 is 1.03 bits per heavy atom. The first kappa shape index (κ1) is 37.9. The lowest BCUT2D eigenvalue weighted by Crippen LogP contribution is -2.37. The predicted molar refractivity (Wildman–Crippen MR) is 277 cm³/mol. The summed E-state index contributed by atoms with van der Waals surface area (Å²) in [6.07, 6.45) is 0. The Kier molecular flexibility index (Phi) is 8.10. The Balaban J connectivity index is 1.20. The lowest BCUT2D eigenvalue weighted by atomic mass is 9.64. The first-order chi connectivity index (χ1) is 31.8. The average Bonchev–Trinajstić information content (AvgIpc) is 3.88. The summed E-state index contributed by atoms with van der Waals surface area (Å²) in [5, 5.41) is 8.59. The molecular formula is C61H46N2OSi. The van der Waals surface area contributed by atoms with Crippen molar-refractivity contribution in [2.45, 2.75) is 32.0 Å². The van der Waals surface area contributed by atoms with Crippen LogP contribution in [0.15, 0.2) is 211 Å². The van der Waals surface area contributed by atoms with Gasteiger partial charge in [0.25, 0.3) is 0 Å². The normalized spacial score (nSPS) is 13.6. The molecule has 10 aromatic carbocycles. The molecule has 310 valence electrons. The monoisotopic (exact) mass is 850 g/mol. The molecule has 1 aliphatic heterocycles. The van der Waals surface area contributed by atoms with Crippen molar-refractivity contribution >= 4 is 90.9 Å². The molecule has 11 aromatic rings. The molecule has 1 aromatic heterocycles. The number of fused-ring (bicyclic) bond motifs is 16. The topological polar surface area (TPSA) is 19.6 Å². The molecule has 0 radical (unpaired) electrons. The van der Waals surface area contributed by atoms with Gasteiger partial charge in [-0.3, -0.25) is 0 Å². The Morgan fingerprint density at radius 3 is 1.75 bits per heavy atom. The summed E-state index contributed by atoms with van der Waals surface area (Å²) in [6, 6.07) is 77.0. The fourth-order valence-electron chi connectivity index (χ4n) is 11.4. The molecule has 1 spiro atoms. The molecule has 0 amide bonds. The summed E-state index contributed by atoms with van der Waals surface area (Å²) in [5.74, 6) is 0. The molecule has 1 aliphatic carbocycles. The van der Waals surface area contributed by atoms with Crippen molar-refractivity contribution in [3.63, 3.8) is 0 Å². The smallest absolute Gasteiger partial charge is 0.159 e. The van der Waals surface area contributed by atoms with Crippen LogP contribution in [0.1, 0.15) is 27.8 Å². The van der Waals surface area contributed by atoms with Crippen LogP contribution in [0.25, 0.3) is 54.6 Å². The highest BCUT2D eigenvalue weighted by atomic mass is 28.3. The first-order valence-corrected chi connectivity index (χ1v) is 26.3. The molecule has 13 rings (SSSR count). The van der Waals surface area contributed by atoms with Crippen LogP contribution in [0.4, 0.5) is 34.1 Å². The van der Waals surface area contributed by atoms with Gasteiger partial charge in [-0.2, -0.15) is 0 Å². The van der Waals surface area contributed by atoms with Crippen LogP contribution in [0.2, 0.25) is 19.6 Å². The van der Waals surface area contributed by atoms with Crippen LogP contribution < -0.4 is 15.0 Å². The largest absolute Gasteiger partial charge is 0.454 e. The van der Waals surface area contributed by atoms with Crippen LogP contribution in [0, 0.1) is 6.92 Å². The van der Waals surface area contributed by atoms with Gasteiger partial charge in [0, 0.05) is 27.5 Å². The van der Waals surface area contributed by atoms with Crippen LogP contribution >= 0.6 is 0 Å². The summed E-state index contributed by atoms with van der Waals surface area (Å²) in [5.41, 5.74) is 16.7. The van der Waals surface area contributed by atoms with Gasteiger partial charge in [-0.1, -0.05) is 183 Å². The number of anilines is 6. The lowest BCUT2D eigenvalue weighted by Gasteiger charge is -2.45. The van der Waals surface area contributed by atoms with Gasteiger partial charge in [0.2, 0.25) is 0 Å². The van der Waals surface area contributed by atoms with Crippen LogP contribution in [-0.4, -0.2) is 8.07 Å². The van der Waals surface area contributed by atoms with E-state index in [0.29, 0.717) is 0 Å². The fourth-order valence-corrected chi connectivity index (χ4v) is 12.6. The molecule has 2 aliphatic rings. The summed E-state index contributed by atoms with van der Waals surface area (Å²) in [4.78, 5) is 4.95. The van der Waals surface area contributed by atoms with Gasteiger partial charge < -0.3 is 14.2 Å². The third-order valence-corrected chi connectivity index (χ3v) is 16.4. The van der Waals surface area contributed by atoms with E-state index >= 15 is 0 Å². The average molecular weight is 851 g/mol. The van der Waals surface area contributed by atoms with Gasteiger partial charge in [-0.15, -0.1) is 0 Å². The molecule has 65 heavy (non-hydrogen) atoms. The van der Waals surface area contributed by atoms with Gasteiger partial charge >= 0.3 is 0 Å². The molecular weight excluding hydrogens is 805 g/mol. The van der Waals surface area contributed by atoms with Gasteiger partial charge in [-0.05, 0) is 111 Å². The molecule has 0 fully saturated rings. The number of hydrogen-bond donors (Lipinski definition) is 0. The maximum absolute atomic E-state index is 7.04. The third-order valence-electron chi connectivity index (χ3n) is 14.3. The van der Waals surface area contributed by atoms with Crippen LogP contribution in [-0.2, 0) is 5.41 Å². The maximum Gasteiger partial charge on any atom is 0.159 e. The minimum atomic E-state index is -1.60. The standard InChI is InChI=1S/C61H46N2OSi/c1-39-18-16-25-47-48-26-17-31-55(60(48)64-59(39)47)63(42-33-35-43(36-34-42)65(2,3)4)56-38-52-58(46-24-11-10-23-45(46)56)57-44-22-9-8-19-40(44)32-37-51(57)61(52)49-27-12-14-29-53(49)62(41-20-6-5-7-21-41)54-30-15-13-28-50(54)61/h5-38H,1-4H3. The van der Waals surface area contributed by atoms with E-state index in [9.17, 15) is 0 Å². The zero-order chi connectivity index (χ0) is 43.6. The number of nitrogens with zero attached hydrogens (tertiary/aromatic N) is 2. The molecule has 0 saturated heterocycles. The Hall–Kier alpha value is -7.66. The second-order valence-electron chi connectivity index (χ2n) is 18.9. The van der Waals surface area contributed by atoms with Crippen LogP contribution in [0.5, 0.6) is 0 Å². The van der Waals surface area contributed by atoms with E-state index < -0.39 is 13.5 Å². The van der Waals surface area contributed by atoms with E-state index in [0.717, 1.165) is 50.3 Å². The molecule has 3 nitrogen and oxygen atoms in total. The number of aryl methyl sites for hydroxylation is 1. The minimum absolute atomic E-state index is 0.665. The minimum Gasteiger partial charge on any atom is -0.454 e. The zero-order valence-corrected chi connectivity index (χ0v) is 37.9. The quantitative estimate of drug-likeness (QED) is 0.161. The predicted octanol–water partition coefficient (Wildman–Crippen LogP) is 16.4. The fraction of sp³-hybridized carbons (Fsp3) is 0.0820. The molecule has 4 heteroatoms. The maximum atomic E-state index is 7.04. The molecule has 0 bridgehead atoms. The van der Waals surface area contributed by atoms with Gasteiger partial charge in [0.1, 0.15) is 5.58 Å². The van der Waals surface area contributed by atoms with E-state index in [4.69, 9.17) is 4.42 Å². The van der Waals surface area contributed by atoms with Crippen LogP contribution in [0.3, 0.4) is 0 Å². The highest BCUT2D eigenvalue weighted by molar-refractivity contribution is 6.88. The summed E-state index contributed by atoms with van der Waals surface area (Å²) in [7, 11) is -1.60. The Morgan fingerprint density at radius 1 is 0.446 bits per heavy atom. The second kappa shape index (κ2) is 13.9. The number of benzene rings is 10. The van der Waals surface area contributed by atoms with Gasteiger partial charge in [-0.25, -0.2) is 0 Å². The van der Waals surface area contributed by atoms with E-state index in [-0.39, 0.29) is 0 Å². The number of furan rings is 1. The summed E-state index contributed by atoms with van der Waals surface area (Å²) >= 11 is 0. The van der Waals surface area contributed by atoms with Gasteiger partial charge in [0.05, 0.1) is 36.2 Å². The summed E-state index contributed by atoms with van der Waals surface area (Å²) in [6.45, 7) is 9.41. The van der Waals surface area contributed by atoms with E-state index in [2.05, 4.69) is 243 Å². The number of rotatable bonds is 5. The summed E-state index contributed by atoms with van der Waals surface area (Å²) < 4.78 is 7.04. The van der Waals surface area contributed by atoms with Crippen molar-refractivity contribution < 1.29 is 4.42 Å². The second-order valence-corrected chi connectivity index (χ2v) is 23.9. The molecule has 0 N–H and O–H groups in total. The van der Waals surface area contributed by atoms with E-state index in [1.165, 1.54) is 71.5 Å². The van der Waals surface area contributed by atoms with Crippen molar-refractivity contribution in [1.82, 2.24) is 0 Å². The SMILES string of the molecule is Cc1cccc2c1oc1c(N(c3ccc([Si](C)(C)C)cc3)c3cc4c(c5ccccc35)-c3c(ccc5ccccc35)C43c4ccccc4N(c4ccccc4)c4ccccc43)cccc12. The Bertz CT molecular complexity index is 3680. The first-order valence-electron chi connectivity index (χ1n) is 22.8. The molecule has 2 heterocycles. The van der Waals surface area contributed by atoms with Crippen molar-refractivity contribution in [2.24, 2.45) is 0 Å². The van der Waals surface area contributed by atoms with E-state index in [1.54, 1.807) is 0 Å². The van der Waals surface area contributed by atoms with Gasteiger partial charge in [0.15, 0.2) is 5.58 Å². The zero-order valence-electron chi connectivity index (χ0n) is 36.9. The highest BCUT2D eigenvalue weighted by Gasteiger charge is 2.53.